The molecule has 1 aliphatic heterocycles. The quantitative estimate of drug-likeness (QED) is 0.816. The first-order valence-electron chi connectivity index (χ1n) is 5.58. The fraction of sp³-hybridized carbons (Fsp3) is 0.417. The molecule has 0 spiro atoms. The zero-order chi connectivity index (χ0) is 13.3. The molecule has 3 unspecified atom stereocenters. The standard InChI is InChI=1S/C12H15NO4S/c1-8-12(17-11(7-14)13-8)9-3-5-10(6-4-9)18(2,15)16/h3-8,11-13H,1-2H3. The number of hydrogen-bond acceptors (Lipinski definition) is 5. The van der Waals surface area contributed by atoms with Gasteiger partial charge in [-0.15, -0.1) is 0 Å². The van der Waals surface area contributed by atoms with Crippen LogP contribution in [0.5, 0.6) is 0 Å². The van der Waals surface area contributed by atoms with Crippen molar-refractivity contribution in [3.05, 3.63) is 29.8 Å². The van der Waals surface area contributed by atoms with E-state index in [1.165, 1.54) is 6.26 Å². The average molecular weight is 269 g/mol. The van der Waals surface area contributed by atoms with Crippen LogP contribution in [0.1, 0.15) is 18.6 Å². The Hall–Kier alpha value is -1.24. The number of benzene rings is 1. The zero-order valence-corrected chi connectivity index (χ0v) is 11.0. The highest BCUT2D eigenvalue weighted by Crippen LogP contribution is 2.28. The van der Waals surface area contributed by atoms with Crippen LogP contribution in [0.4, 0.5) is 0 Å². The molecule has 0 aromatic heterocycles. The first-order chi connectivity index (χ1) is 8.41. The second kappa shape index (κ2) is 4.79. The molecule has 1 N–H and O–H groups in total. The van der Waals surface area contributed by atoms with E-state index in [2.05, 4.69) is 5.32 Å². The molecule has 98 valence electrons. The number of ether oxygens (including phenoxy) is 1. The number of sulfone groups is 1. The van der Waals surface area contributed by atoms with Gasteiger partial charge in [0.1, 0.15) is 6.10 Å². The molecule has 1 fully saturated rings. The molecule has 2 rings (SSSR count). The Kier molecular flexibility index (Phi) is 3.52. The smallest absolute Gasteiger partial charge is 0.175 e. The lowest BCUT2D eigenvalue weighted by molar-refractivity contribution is -0.118. The molecule has 1 aromatic rings. The first kappa shape index (κ1) is 13.2. The molecule has 1 heterocycles. The van der Waals surface area contributed by atoms with E-state index in [0.717, 1.165) is 5.56 Å². The Morgan fingerprint density at radius 2 is 1.89 bits per heavy atom. The van der Waals surface area contributed by atoms with Crippen LogP contribution in [-0.2, 0) is 19.4 Å². The van der Waals surface area contributed by atoms with Crippen LogP contribution in [0.3, 0.4) is 0 Å². The maximum absolute atomic E-state index is 11.3. The van der Waals surface area contributed by atoms with Crippen LogP contribution < -0.4 is 5.32 Å². The van der Waals surface area contributed by atoms with Gasteiger partial charge in [0.25, 0.3) is 0 Å². The summed E-state index contributed by atoms with van der Waals surface area (Å²) in [7, 11) is -3.18. The molecule has 1 saturated heterocycles. The summed E-state index contributed by atoms with van der Waals surface area (Å²) in [6.07, 6.45) is 1.04. The molecule has 0 bridgehead atoms. The summed E-state index contributed by atoms with van der Waals surface area (Å²) >= 11 is 0. The maximum Gasteiger partial charge on any atom is 0.175 e. The lowest BCUT2D eigenvalue weighted by Gasteiger charge is -2.14. The van der Waals surface area contributed by atoms with Gasteiger partial charge in [0, 0.05) is 12.3 Å². The molecule has 1 aliphatic rings. The highest BCUT2D eigenvalue weighted by Gasteiger charge is 2.32. The molecule has 0 amide bonds. The van der Waals surface area contributed by atoms with E-state index in [0.29, 0.717) is 6.29 Å². The number of rotatable bonds is 3. The van der Waals surface area contributed by atoms with Crippen molar-refractivity contribution in [1.82, 2.24) is 5.32 Å². The van der Waals surface area contributed by atoms with Crippen LogP contribution >= 0.6 is 0 Å². The lowest BCUT2D eigenvalue weighted by Crippen LogP contribution is -2.29. The third-order valence-corrected chi connectivity index (χ3v) is 4.06. The van der Waals surface area contributed by atoms with Crippen molar-refractivity contribution in [1.29, 1.82) is 0 Å². The molecule has 0 aliphatic carbocycles. The van der Waals surface area contributed by atoms with Crippen molar-refractivity contribution in [3.8, 4) is 0 Å². The van der Waals surface area contributed by atoms with E-state index in [1.54, 1.807) is 24.3 Å². The minimum atomic E-state index is -3.18. The lowest BCUT2D eigenvalue weighted by atomic mass is 10.0. The molecule has 0 radical (unpaired) electrons. The molecule has 5 nitrogen and oxygen atoms in total. The molecular formula is C12H15NO4S. The van der Waals surface area contributed by atoms with Crippen molar-refractivity contribution < 1.29 is 17.9 Å². The van der Waals surface area contributed by atoms with Crippen LogP contribution in [0.25, 0.3) is 0 Å². The molecular weight excluding hydrogens is 254 g/mol. The van der Waals surface area contributed by atoms with Gasteiger partial charge in [-0.05, 0) is 24.6 Å². The minimum absolute atomic E-state index is 0.00397. The fourth-order valence-electron chi connectivity index (χ4n) is 2.00. The summed E-state index contributed by atoms with van der Waals surface area (Å²) in [5, 5.41) is 2.99. The van der Waals surface area contributed by atoms with Gasteiger partial charge < -0.3 is 4.74 Å². The SMILES string of the molecule is CC1NC(C=O)OC1c1ccc(S(C)(=O)=O)cc1. The third kappa shape index (κ3) is 2.60. The van der Waals surface area contributed by atoms with Gasteiger partial charge in [-0.25, -0.2) is 8.42 Å². The van der Waals surface area contributed by atoms with Crippen molar-refractivity contribution in [3.63, 3.8) is 0 Å². The summed E-state index contributed by atoms with van der Waals surface area (Å²) < 4.78 is 28.2. The second-order valence-electron chi connectivity index (χ2n) is 4.41. The summed E-state index contributed by atoms with van der Waals surface area (Å²) in [5.74, 6) is 0. The highest BCUT2D eigenvalue weighted by atomic mass is 32.2. The van der Waals surface area contributed by atoms with Gasteiger partial charge in [0.05, 0.1) is 4.90 Å². The van der Waals surface area contributed by atoms with Gasteiger partial charge in [-0.1, -0.05) is 12.1 Å². The van der Waals surface area contributed by atoms with Crippen LogP contribution in [-0.4, -0.2) is 33.2 Å². The van der Waals surface area contributed by atoms with E-state index in [-0.39, 0.29) is 17.0 Å². The van der Waals surface area contributed by atoms with Crippen molar-refractivity contribution in [2.45, 2.75) is 30.2 Å². The molecule has 6 heteroatoms. The summed E-state index contributed by atoms with van der Waals surface area (Å²) in [5.41, 5.74) is 0.853. The normalized spacial score (nSPS) is 28.2. The van der Waals surface area contributed by atoms with Gasteiger partial charge in [0.2, 0.25) is 0 Å². The number of carbonyl (C=O) groups is 1. The molecule has 0 saturated carbocycles. The Balaban J connectivity index is 2.23. The Bertz CT molecular complexity index is 538. The summed E-state index contributed by atoms with van der Waals surface area (Å²) in [6.45, 7) is 1.92. The van der Waals surface area contributed by atoms with Crippen molar-refractivity contribution in [2.75, 3.05) is 6.26 Å². The second-order valence-corrected chi connectivity index (χ2v) is 6.43. The minimum Gasteiger partial charge on any atom is -0.347 e. The average Bonchev–Trinajstić information content (AvgIpc) is 2.70. The van der Waals surface area contributed by atoms with Crippen molar-refractivity contribution >= 4 is 16.1 Å². The van der Waals surface area contributed by atoms with E-state index >= 15 is 0 Å². The maximum atomic E-state index is 11.3. The van der Waals surface area contributed by atoms with Gasteiger partial charge in [-0.2, -0.15) is 0 Å². The number of carbonyl (C=O) groups excluding carboxylic acids is 1. The molecule has 18 heavy (non-hydrogen) atoms. The van der Waals surface area contributed by atoms with Crippen LogP contribution in [0.15, 0.2) is 29.2 Å². The Labute approximate surface area is 106 Å². The molecule has 1 aromatic carbocycles. The predicted octanol–water partition coefficient (Wildman–Crippen LogP) is 0.664. The fourth-order valence-corrected chi connectivity index (χ4v) is 2.64. The van der Waals surface area contributed by atoms with Gasteiger partial charge in [0.15, 0.2) is 22.4 Å². The van der Waals surface area contributed by atoms with Gasteiger partial charge in [-0.3, -0.25) is 10.1 Å². The number of hydrogen-bond donors (Lipinski definition) is 1. The van der Waals surface area contributed by atoms with E-state index in [9.17, 15) is 13.2 Å². The van der Waals surface area contributed by atoms with Gasteiger partial charge >= 0.3 is 0 Å². The Morgan fingerprint density at radius 1 is 1.28 bits per heavy atom. The largest absolute Gasteiger partial charge is 0.347 e. The van der Waals surface area contributed by atoms with E-state index in [1.807, 2.05) is 6.92 Å². The monoisotopic (exact) mass is 269 g/mol. The van der Waals surface area contributed by atoms with Crippen LogP contribution in [0.2, 0.25) is 0 Å². The van der Waals surface area contributed by atoms with E-state index < -0.39 is 16.1 Å². The van der Waals surface area contributed by atoms with Crippen LogP contribution in [0, 0.1) is 0 Å². The molecule has 3 atom stereocenters. The van der Waals surface area contributed by atoms with E-state index in [4.69, 9.17) is 4.74 Å². The third-order valence-electron chi connectivity index (χ3n) is 2.93. The summed E-state index contributed by atoms with van der Waals surface area (Å²) in [6, 6.07) is 6.53. The number of nitrogens with one attached hydrogen (secondary N) is 1. The predicted molar refractivity (Wildman–Crippen MR) is 65.8 cm³/mol. The highest BCUT2D eigenvalue weighted by molar-refractivity contribution is 7.90. The topological polar surface area (TPSA) is 72.5 Å². The Morgan fingerprint density at radius 3 is 2.33 bits per heavy atom. The summed E-state index contributed by atoms with van der Waals surface area (Å²) in [4.78, 5) is 10.9. The first-order valence-corrected chi connectivity index (χ1v) is 7.48. The van der Waals surface area contributed by atoms with Crippen molar-refractivity contribution in [2.24, 2.45) is 0 Å². The number of aldehydes is 1. The zero-order valence-electron chi connectivity index (χ0n) is 10.2.